The summed E-state index contributed by atoms with van der Waals surface area (Å²) in [4.78, 5) is 22.4. The molecule has 0 heterocycles. The summed E-state index contributed by atoms with van der Waals surface area (Å²) < 4.78 is 15.2. The van der Waals surface area contributed by atoms with Crippen LogP contribution in [0.4, 0.5) is 4.79 Å². The van der Waals surface area contributed by atoms with Crippen LogP contribution in [0.15, 0.2) is 23.3 Å². The Morgan fingerprint density at radius 1 is 1.23 bits per heavy atom. The number of carbonyl (C=O) groups excluding carboxylic acids is 2. The highest BCUT2D eigenvalue weighted by atomic mass is 16.6. The lowest BCUT2D eigenvalue weighted by Gasteiger charge is -2.18. The second-order valence-electron chi connectivity index (χ2n) is 5.38. The summed E-state index contributed by atoms with van der Waals surface area (Å²) in [6.07, 6.45) is 0.775. The summed E-state index contributed by atoms with van der Waals surface area (Å²) in [5, 5.41) is 3.78. The van der Waals surface area contributed by atoms with Crippen molar-refractivity contribution in [3.63, 3.8) is 0 Å². The highest BCUT2D eigenvalue weighted by molar-refractivity contribution is 5.82. The van der Waals surface area contributed by atoms with Crippen LogP contribution in [0.2, 0.25) is 0 Å². The van der Waals surface area contributed by atoms with Crippen molar-refractivity contribution in [3.8, 4) is 11.5 Å². The first kappa shape index (κ1) is 17.5. The molecule has 7 nitrogen and oxygen atoms in total. The van der Waals surface area contributed by atoms with Crippen LogP contribution >= 0.6 is 0 Å². The quantitative estimate of drug-likeness (QED) is 0.400. The standard InChI is InChI=1S/C15H20N2O5/c1-10(18)21-12-7-6-11(8-13(12)20-5)9-16-17-14(19)22-15(2,3)4/h6-9H,1-5H3,(H,17,19)/b16-9-. The van der Waals surface area contributed by atoms with Crippen LogP contribution in [0.1, 0.15) is 33.3 Å². The fraction of sp³-hybridized carbons (Fsp3) is 0.400. The molecule has 1 aromatic rings. The van der Waals surface area contributed by atoms with E-state index in [2.05, 4.69) is 10.5 Å². The molecule has 0 aliphatic rings. The van der Waals surface area contributed by atoms with Gasteiger partial charge in [-0.15, -0.1) is 0 Å². The third-order valence-corrected chi connectivity index (χ3v) is 2.21. The van der Waals surface area contributed by atoms with Gasteiger partial charge in [-0.3, -0.25) is 4.79 Å². The number of nitrogens with zero attached hydrogens (tertiary/aromatic N) is 1. The van der Waals surface area contributed by atoms with Gasteiger partial charge in [-0.05, 0) is 44.5 Å². The van der Waals surface area contributed by atoms with Crippen molar-refractivity contribution in [1.82, 2.24) is 5.43 Å². The van der Waals surface area contributed by atoms with Crippen molar-refractivity contribution >= 4 is 18.3 Å². The van der Waals surface area contributed by atoms with Crippen molar-refractivity contribution < 1.29 is 23.8 Å². The molecule has 7 heteroatoms. The number of esters is 1. The van der Waals surface area contributed by atoms with Gasteiger partial charge in [0.1, 0.15) is 5.60 Å². The van der Waals surface area contributed by atoms with Crippen LogP contribution in [0.25, 0.3) is 0 Å². The van der Waals surface area contributed by atoms with Gasteiger partial charge in [0.2, 0.25) is 0 Å². The van der Waals surface area contributed by atoms with Crippen LogP contribution in [0.3, 0.4) is 0 Å². The number of nitrogens with one attached hydrogen (secondary N) is 1. The molecule has 0 bridgehead atoms. The molecule has 120 valence electrons. The van der Waals surface area contributed by atoms with Crippen molar-refractivity contribution in [2.24, 2.45) is 5.10 Å². The molecular weight excluding hydrogens is 288 g/mol. The fourth-order valence-electron chi connectivity index (χ4n) is 1.46. The minimum Gasteiger partial charge on any atom is -0.493 e. The molecule has 0 spiro atoms. The zero-order chi connectivity index (χ0) is 16.8. The molecule has 22 heavy (non-hydrogen) atoms. The molecule has 1 amide bonds. The Bertz CT molecular complexity index is 576. The Labute approximate surface area is 129 Å². The Morgan fingerprint density at radius 3 is 2.45 bits per heavy atom. The van der Waals surface area contributed by atoms with Crippen molar-refractivity contribution in [1.29, 1.82) is 0 Å². The van der Waals surface area contributed by atoms with E-state index in [1.807, 2.05) is 0 Å². The predicted octanol–water partition coefficient (Wildman–Crippen LogP) is 2.48. The average molecular weight is 308 g/mol. The van der Waals surface area contributed by atoms with Gasteiger partial charge >= 0.3 is 12.1 Å². The smallest absolute Gasteiger partial charge is 0.428 e. The molecule has 1 N–H and O–H groups in total. The molecule has 1 rings (SSSR count). The maximum Gasteiger partial charge on any atom is 0.428 e. The molecule has 0 radical (unpaired) electrons. The van der Waals surface area contributed by atoms with Gasteiger partial charge in [0.25, 0.3) is 0 Å². The summed E-state index contributed by atoms with van der Waals surface area (Å²) in [7, 11) is 1.46. The van der Waals surface area contributed by atoms with E-state index in [1.54, 1.807) is 39.0 Å². The second-order valence-corrected chi connectivity index (χ2v) is 5.38. The highest BCUT2D eigenvalue weighted by Crippen LogP contribution is 2.27. The van der Waals surface area contributed by atoms with E-state index in [4.69, 9.17) is 14.2 Å². The average Bonchev–Trinajstić information content (AvgIpc) is 2.37. The van der Waals surface area contributed by atoms with Gasteiger partial charge in [-0.1, -0.05) is 0 Å². The summed E-state index contributed by atoms with van der Waals surface area (Å²) in [5.41, 5.74) is 2.32. The van der Waals surface area contributed by atoms with Crippen LogP contribution in [0.5, 0.6) is 11.5 Å². The number of ether oxygens (including phenoxy) is 3. The van der Waals surface area contributed by atoms with Gasteiger partial charge < -0.3 is 14.2 Å². The number of methoxy groups -OCH3 is 1. The third kappa shape index (κ3) is 6.25. The molecule has 0 fully saturated rings. The van der Waals surface area contributed by atoms with E-state index in [1.165, 1.54) is 20.2 Å². The van der Waals surface area contributed by atoms with Crippen LogP contribution in [-0.4, -0.2) is 31.0 Å². The largest absolute Gasteiger partial charge is 0.493 e. The zero-order valence-corrected chi connectivity index (χ0v) is 13.3. The van der Waals surface area contributed by atoms with Crippen LogP contribution in [0, 0.1) is 0 Å². The highest BCUT2D eigenvalue weighted by Gasteiger charge is 2.15. The lowest BCUT2D eigenvalue weighted by Crippen LogP contribution is -2.29. The van der Waals surface area contributed by atoms with Crippen LogP contribution < -0.4 is 14.9 Å². The number of carbonyl (C=O) groups is 2. The van der Waals surface area contributed by atoms with Gasteiger partial charge in [0.15, 0.2) is 11.5 Å². The first-order valence-corrected chi connectivity index (χ1v) is 6.60. The molecule has 0 saturated heterocycles. The maximum absolute atomic E-state index is 11.4. The number of amides is 1. The van der Waals surface area contributed by atoms with E-state index in [9.17, 15) is 9.59 Å². The number of hydrogen-bond acceptors (Lipinski definition) is 6. The SMILES string of the molecule is COc1cc(/C=N\NC(=O)OC(C)(C)C)ccc1OC(C)=O. The zero-order valence-electron chi connectivity index (χ0n) is 13.3. The van der Waals surface area contributed by atoms with Gasteiger partial charge in [0.05, 0.1) is 13.3 Å². The third-order valence-electron chi connectivity index (χ3n) is 2.21. The lowest BCUT2D eigenvalue weighted by atomic mass is 10.2. The minimum absolute atomic E-state index is 0.312. The number of hydrogen-bond donors (Lipinski definition) is 1. The van der Waals surface area contributed by atoms with E-state index in [0.29, 0.717) is 17.1 Å². The van der Waals surface area contributed by atoms with Gasteiger partial charge in [0, 0.05) is 6.92 Å². The second kappa shape index (κ2) is 7.44. The molecule has 0 aliphatic carbocycles. The summed E-state index contributed by atoms with van der Waals surface area (Å²) in [6.45, 7) is 6.58. The van der Waals surface area contributed by atoms with E-state index in [-0.39, 0.29) is 0 Å². The molecular formula is C15H20N2O5. The Kier molecular flexibility index (Phi) is 5.91. The molecule has 0 unspecified atom stereocenters. The fourth-order valence-corrected chi connectivity index (χ4v) is 1.46. The lowest BCUT2D eigenvalue weighted by molar-refractivity contribution is -0.132. The first-order chi connectivity index (χ1) is 10.2. The van der Waals surface area contributed by atoms with Gasteiger partial charge in [-0.25, -0.2) is 10.2 Å². The van der Waals surface area contributed by atoms with E-state index >= 15 is 0 Å². The van der Waals surface area contributed by atoms with Crippen LogP contribution in [-0.2, 0) is 9.53 Å². The number of rotatable bonds is 4. The van der Waals surface area contributed by atoms with E-state index in [0.717, 1.165) is 0 Å². The maximum atomic E-state index is 11.4. The monoisotopic (exact) mass is 308 g/mol. The minimum atomic E-state index is -0.646. The van der Waals surface area contributed by atoms with E-state index < -0.39 is 17.7 Å². The summed E-state index contributed by atoms with van der Waals surface area (Å²) >= 11 is 0. The van der Waals surface area contributed by atoms with Gasteiger partial charge in [-0.2, -0.15) is 5.10 Å². The molecule has 0 aliphatic heterocycles. The first-order valence-electron chi connectivity index (χ1n) is 6.60. The normalized spacial score (nSPS) is 11.1. The Morgan fingerprint density at radius 2 is 1.91 bits per heavy atom. The molecule has 0 aromatic heterocycles. The topological polar surface area (TPSA) is 86.2 Å². The Hall–Kier alpha value is -2.57. The molecule has 0 saturated carbocycles. The van der Waals surface area contributed by atoms with Crippen molar-refractivity contribution in [2.45, 2.75) is 33.3 Å². The molecule has 1 aromatic carbocycles. The van der Waals surface area contributed by atoms with Crippen molar-refractivity contribution in [3.05, 3.63) is 23.8 Å². The summed E-state index contributed by atoms with van der Waals surface area (Å²) in [6, 6.07) is 4.87. The summed E-state index contributed by atoms with van der Waals surface area (Å²) in [5.74, 6) is 0.259. The van der Waals surface area contributed by atoms with Crippen molar-refractivity contribution in [2.75, 3.05) is 7.11 Å². The number of hydrazone groups is 1. The Balaban J connectivity index is 2.72. The predicted molar refractivity (Wildman–Crippen MR) is 81.3 cm³/mol. The molecule has 0 atom stereocenters. The number of benzene rings is 1.